The van der Waals surface area contributed by atoms with Gasteiger partial charge in [0.1, 0.15) is 11.5 Å². The predicted octanol–water partition coefficient (Wildman–Crippen LogP) is 3.95. The highest BCUT2D eigenvalue weighted by Gasteiger charge is 2.13. The van der Waals surface area contributed by atoms with Gasteiger partial charge < -0.3 is 0 Å². The molecule has 0 bridgehead atoms. The Morgan fingerprint density at radius 3 is 2.67 bits per heavy atom. The van der Waals surface area contributed by atoms with E-state index in [0.29, 0.717) is 10.6 Å². The molecular formula is C13H8Cl2FNO. The molecule has 2 aromatic rings. The van der Waals surface area contributed by atoms with Crippen LogP contribution in [0.4, 0.5) is 4.39 Å². The van der Waals surface area contributed by atoms with Crippen molar-refractivity contribution in [3.05, 3.63) is 63.6 Å². The van der Waals surface area contributed by atoms with Crippen molar-refractivity contribution in [2.75, 3.05) is 0 Å². The lowest BCUT2D eigenvalue weighted by atomic mass is 10.1. The fraction of sp³-hybridized carbons (Fsp3) is 0.0769. The van der Waals surface area contributed by atoms with Gasteiger partial charge in [-0.05, 0) is 29.8 Å². The monoisotopic (exact) mass is 283 g/mol. The summed E-state index contributed by atoms with van der Waals surface area (Å²) in [5, 5.41) is 0.295. The van der Waals surface area contributed by atoms with Gasteiger partial charge in [-0.25, -0.2) is 4.39 Å². The third kappa shape index (κ3) is 2.86. The molecule has 0 amide bonds. The minimum Gasteiger partial charge on any atom is -0.292 e. The lowest BCUT2D eigenvalue weighted by Crippen LogP contribution is -2.06. The van der Waals surface area contributed by atoms with Crippen LogP contribution in [0, 0.1) is 5.82 Å². The van der Waals surface area contributed by atoms with Crippen LogP contribution >= 0.6 is 23.2 Å². The number of Topliss-reactive ketones (excluding diaryl/α,β-unsaturated/α-hetero) is 1. The molecule has 1 aromatic carbocycles. The number of nitrogens with zero attached hydrogens (tertiary/aromatic N) is 1. The lowest BCUT2D eigenvalue weighted by Gasteiger charge is -2.03. The van der Waals surface area contributed by atoms with Gasteiger partial charge in [-0.15, -0.1) is 0 Å². The Morgan fingerprint density at radius 1 is 1.22 bits per heavy atom. The topological polar surface area (TPSA) is 30.0 Å². The maximum Gasteiger partial charge on any atom is 0.187 e. The van der Waals surface area contributed by atoms with Gasteiger partial charge >= 0.3 is 0 Å². The second-order valence-electron chi connectivity index (χ2n) is 3.68. The number of benzene rings is 1. The van der Waals surface area contributed by atoms with E-state index in [1.165, 1.54) is 24.4 Å². The van der Waals surface area contributed by atoms with E-state index in [9.17, 15) is 9.18 Å². The van der Waals surface area contributed by atoms with Crippen molar-refractivity contribution in [1.29, 1.82) is 0 Å². The van der Waals surface area contributed by atoms with Gasteiger partial charge in [0.15, 0.2) is 5.78 Å². The molecule has 18 heavy (non-hydrogen) atoms. The SMILES string of the molecule is O=C(Cc1ccc(F)c(Cl)c1)c1ncccc1Cl. The molecule has 0 N–H and O–H groups in total. The van der Waals surface area contributed by atoms with Crippen LogP contribution in [0.25, 0.3) is 0 Å². The van der Waals surface area contributed by atoms with E-state index in [-0.39, 0.29) is 22.9 Å². The molecule has 0 unspecified atom stereocenters. The van der Waals surface area contributed by atoms with Crippen LogP contribution in [0.5, 0.6) is 0 Å². The van der Waals surface area contributed by atoms with Crippen molar-refractivity contribution in [3.8, 4) is 0 Å². The minimum atomic E-state index is -0.510. The van der Waals surface area contributed by atoms with Gasteiger partial charge in [0.2, 0.25) is 0 Å². The smallest absolute Gasteiger partial charge is 0.187 e. The predicted molar refractivity (Wildman–Crippen MR) is 68.7 cm³/mol. The van der Waals surface area contributed by atoms with Crippen molar-refractivity contribution in [1.82, 2.24) is 4.98 Å². The Bertz CT molecular complexity index is 601. The summed E-state index contributed by atoms with van der Waals surface area (Å²) in [6, 6.07) is 7.40. The molecule has 0 spiro atoms. The molecular weight excluding hydrogens is 276 g/mol. The van der Waals surface area contributed by atoms with Crippen LogP contribution in [-0.2, 0) is 6.42 Å². The van der Waals surface area contributed by atoms with Crippen LogP contribution in [0.15, 0.2) is 36.5 Å². The van der Waals surface area contributed by atoms with Gasteiger partial charge in [-0.2, -0.15) is 0 Å². The third-order valence-corrected chi connectivity index (χ3v) is 2.97. The molecule has 0 aliphatic heterocycles. The van der Waals surface area contributed by atoms with Crippen LogP contribution in [0.3, 0.4) is 0 Å². The first-order valence-corrected chi connectivity index (χ1v) is 5.91. The molecule has 2 nitrogen and oxygen atoms in total. The summed E-state index contributed by atoms with van der Waals surface area (Å²) in [4.78, 5) is 15.9. The maximum absolute atomic E-state index is 13.0. The van der Waals surface area contributed by atoms with E-state index in [1.54, 1.807) is 12.1 Å². The largest absolute Gasteiger partial charge is 0.292 e. The van der Waals surface area contributed by atoms with E-state index in [1.807, 2.05) is 0 Å². The van der Waals surface area contributed by atoms with Crippen molar-refractivity contribution < 1.29 is 9.18 Å². The van der Waals surface area contributed by atoms with Crippen LogP contribution in [0.1, 0.15) is 16.1 Å². The second kappa shape index (κ2) is 5.46. The highest BCUT2D eigenvalue weighted by Crippen LogP contribution is 2.19. The Labute approximate surface area is 113 Å². The zero-order chi connectivity index (χ0) is 13.1. The fourth-order valence-corrected chi connectivity index (χ4v) is 1.94. The first-order chi connectivity index (χ1) is 8.58. The van der Waals surface area contributed by atoms with Gasteiger partial charge in [0.25, 0.3) is 0 Å². The number of rotatable bonds is 3. The zero-order valence-electron chi connectivity index (χ0n) is 9.16. The molecule has 1 aromatic heterocycles. The van der Waals surface area contributed by atoms with Crippen LogP contribution < -0.4 is 0 Å². The zero-order valence-corrected chi connectivity index (χ0v) is 10.7. The number of carbonyl (C=O) groups excluding carboxylic acids is 1. The third-order valence-electron chi connectivity index (χ3n) is 2.37. The molecule has 0 saturated carbocycles. The molecule has 0 fully saturated rings. The quantitative estimate of drug-likeness (QED) is 0.799. The number of ketones is 1. The summed E-state index contributed by atoms with van der Waals surface area (Å²) >= 11 is 11.5. The number of carbonyl (C=O) groups is 1. The maximum atomic E-state index is 13.0. The molecule has 0 atom stereocenters. The first kappa shape index (κ1) is 13.0. The molecule has 0 saturated heterocycles. The molecule has 0 aliphatic rings. The Balaban J connectivity index is 2.22. The summed E-state index contributed by atoms with van der Waals surface area (Å²) in [5.74, 6) is -0.744. The van der Waals surface area contributed by atoms with Crippen molar-refractivity contribution in [2.45, 2.75) is 6.42 Å². The summed E-state index contributed by atoms with van der Waals surface area (Å²) < 4.78 is 13.0. The first-order valence-electron chi connectivity index (χ1n) is 5.15. The normalized spacial score (nSPS) is 10.4. The average molecular weight is 284 g/mol. The average Bonchev–Trinajstić information content (AvgIpc) is 2.34. The van der Waals surface area contributed by atoms with E-state index in [4.69, 9.17) is 23.2 Å². The molecule has 0 aliphatic carbocycles. The highest BCUT2D eigenvalue weighted by molar-refractivity contribution is 6.33. The standard InChI is InChI=1S/C13H8Cl2FNO/c14-9-2-1-5-17-13(9)12(18)7-8-3-4-11(16)10(15)6-8/h1-6H,7H2. The van der Waals surface area contributed by atoms with Crippen LogP contribution in [0.2, 0.25) is 10.0 Å². The fourth-order valence-electron chi connectivity index (χ4n) is 1.51. The minimum absolute atomic E-state index is 0.00702. The number of pyridine rings is 1. The van der Waals surface area contributed by atoms with E-state index < -0.39 is 5.82 Å². The molecule has 5 heteroatoms. The summed E-state index contributed by atoms with van der Waals surface area (Å²) in [5.41, 5.74) is 0.827. The Morgan fingerprint density at radius 2 is 2.00 bits per heavy atom. The lowest BCUT2D eigenvalue weighted by molar-refractivity contribution is 0.0988. The summed E-state index contributed by atoms with van der Waals surface area (Å²) in [6.07, 6.45) is 1.58. The highest BCUT2D eigenvalue weighted by atomic mass is 35.5. The van der Waals surface area contributed by atoms with Gasteiger partial charge in [0, 0.05) is 12.6 Å². The number of aromatic nitrogens is 1. The van der Waals surface area contributed by atoms with E-state index in [2.05, 4.69) is 4.98 Å². The van der Waals surface area contributed by atoms with E-state index >= 15 is 0 Å². The summed E-state index contributed by atoms with van der Waals surface area (Å²) in [7, 11) is 0. The van der Waals surface area contributed by atoms with Gasteiger partial charge in [-0.3, -0.25) is 9.78 Å². The van der Waals surface area contributed by atoms with E-state index in [0.717, 1.165) is 0 Å². The molecule has 92 valence electrons. The number of hydrogen-bond acceptors (Lipinski definition) is 2. The van der Waals surface area contributed by atoms with Gasteiger partial charge in [-0.1, -0.05) is 29.3 Å². The molecule has 0 radical (unpaired) electrons. The Hall–Kier alpha value is -1.45. The van der Waals surface area contributed by atoms with Crippen LogP contribution in [-0.4, -0.2) is 10.8 Å². The number of halogens is 3. The molecule has 2 rings (SSSR count). The summed E-state index contributed by atoms with van der Waals surface area (Å²) in [6.45, 7) is 0. The molecule has 1 heterocycles. The second-order valence-corrected chi connectivity index (χ2v) is 4.50. The van der Waals surface area contributed by atoms with Crippen molar-refractivity contribution >= 4 is 29.0 Å². The van der Waals surface area contributed by atoms with Crippen molar-refractivity contribution in [3.63, 3.8) is 0 Å². The Kier molecular flexibility index (Phi) is 3.94. The van der Waals surface area contributed by atoms with Crippen molar-refractivity contribution in [2.24, 2.45) is 0 Å². The van der Waals surface area contributed by atoms with Gasteiger partial charge in [0.05, 0.1) is 10.0 Å². The number of hydrogen-bond donors (Lipinski definition) is 0.